The topological polar surface area (TPSA) is 39.1 Å². The maximum Gasteiger partial charge on any atom is 0.0948 e. The van der Waals surface area contributed by atoms with Crippen LogP contribution in [0.2, 0.25) is 0 Å². The molecule has 2 heterocycles. The van der Waals surface area contributed by atoms with Crippen LogP contribution in [0.15, 0.2) is 12.5 Å². The van der Waals surface area contributed by atoms with Crippen molar-refractivity contribution in [3.63, 3.8) is 0 Å². The summed E-state index contributed by atoms with van der Waals surface area (Å²) in [7, 11) is 1.80. The monoisotopic (exact) mass is 277 g/mol. The molecule has 0 unspecified atom stereocenters. The highest BCUT2D eigenvalue weighted by molar-refractivity contribution is 5.16. The Morgan fingerprint density at radius 1 is 1.30 bits per heavy atom. The van der Waals surface area contributed by atoms with Crippen molar-refractivity contribution in [2.45, 2.75) is 51.0 Å². The second kappa shape index (κ2) is 5.49. The molecule has 1 N–H and O–H groups in total. The molecule has 4 heteroatoms. The quantitative estimate of drug-likeness (QED) is 0.867. The number of hydrogen-bond donors (Lipinski definition) is 1. The van der Waals surface area contributed by atoms with Crippen LogP contribution in [-0.4, -0.2) is 36.4 Å². The van der Waals surface area contributed by atoms with Crippen molar-refractivity contribution in [1.29, 1.82) is 0 Å². The van der Waals surface area contributed by atoms with Crippen molar-refractivity contribution in [3.05, 3.63) is 18.2 Å². The number of aromatic nitrogens is 2. The Labute approximate surface area is 121 Å². The Balaban J connectivity index is 1.73. The molecule has 20 heavy (non-hydrogen) atoms. The summed E-state index contributed by atoms with van der Waals surface area (Å²) in [6.07, 6.45) is 10.4. The van der Waals surface area contributed by atoms with E-state index >= 15 is 0 Å². The zero-order valence-corrected chi connectivity index (χ0v) is 12.8. The summed E-state index contributed by atoms with van der Waals surface area (Å²) in [5, 5.41) is 3.46. The number of piperidine rings is 1. The van der Waals surface area contributed by atoms with Gasteiger partial charge in [-0.05, 0) is 50.6 Å². The van der Waals surface area contributed by atoms with Crippen LogP contribution in [0.25, 0.3) is 0 Å². The lowest BCUT2D eigenvalue weighted by Gasteiger charge is -2.35. The van der Waals surface area contributed by atoms with Gasteiger partial charge in [0.05, 0.1) is 6.33 Å². The molecule has 2 aliphatic rings. The average molecular weight is 277 g/mol. The summed E-state index contributed by atoms with van der Waals surface area (Å²) < 4.78 is 7.69. The van der Waals surface area contributed by atoms with E-state index in [1.807, 2.05) is 6.33 Å². The lowest BCUT2D eigenvalue weighted by atomic mass is 9.78. The fourth-order valence-electron chi connectivity index (χ4n) is 3.53. The Bertz CT molecular complexity index is 444. The van der Waals surface area contributed by atoms with Gasteiger partial charge >= 0.3 is 0 Å². The van der Waals surface area contributed by atoms with Crippen LogP contribution < -0.4 is 5.32 Å². The highest BCUT2D eigenvalue weighted by Gasteiger charge is 2.43. The molecule has 1 aliphatic heterocycles. The predicted molar refractivity (Wildman–Crippen MR) is 79.8 cm³/mol. The van der Waals surface area contributed by atoms with Gasteiger partial charge < -0.3 is 14.6 Å². The number of nitrogens with one attached hydrogen (secondary N) is 1. The van der Waals surface area contributed by atoms with E-state index in [4.69, 9.17) is 4.74 Å². The SMILES string of the molecule is COCCC1(Cn2cncc2C2(C)CCNCC2)CC1. The van der Waals surface area contributed by atoms with Crippen molar-refractivity contribution in [3.8, 4) is 0 Å². The van der Waals surface area contributed by atoms with Gasteiger partial charge in [-0.3, -0.25) is 0 Å². The molecular formula is C16H27N3O. The first-order chi connectivity index (χ1) is 9.68. The summed E-state index contributed by atoms with van der Waals surface area (Å²) in [6, 6.07) is 0. The van der Waals surface area contributed by atoms with E-state index in [1.165, 1.54) is 37.8 Å². The first-order valence-corrected chi connectivity index (χ1v) is 7.88. The van der Waals surface area contributed by atoms with Gasteiger partial charge in [-0.25, -0.2) is 4.98 Å². The molecule has 1 saturated heterocycles. The molecule has 0 aromatic carbocycles. The molecule has 0 spiro atoms. The summed E-state index contributed by atoms with van der Waals surface area (Å²) in [5.74, 6) is 0. The van der Waals surface area contributed by atoms with Crippen LogP contribution in [-0.2, 0) is 16.7 Å². The normalized spacial score (nSPS) is 23.7. The van der Waals surface area contributed by atoms with E-state index in [0.29, 0.717) is 10.8 Å². The maximum absolute atomic E-state index is 5.27. The molecule has 0 amide bonds. The number of hydrogen-bond acceptors (Lipinski definition) is 3. The molecule has 0 radical (unpaired) electrons. The number of imidazole rings is 1. The van der Waals surface area contributed by atoms with Crippen LogP contribution in [0.5, 0.6) is 0 Å². The standard InChI is InChI=1S/C16H27N3O/c1-15(5-8-17-9-6-15)14-11-18-13-19(14)12-16(3-4-16)7-10-20-2/h11,13,17H,3-10,12H2,1-2H3. The van der Waals surface area contributed by atoms with Gasteiger partial charge in [0.1, 0.15) is 0 Å². The van der Waals surface area contributed by atoms with Crippen molar-refractivity contribution >= 4 is 0 Å². The maximum atomic E-state index is 5.27. The summed E-state index contributed by atoms with van der Waals surface area (Å²) in [4.78, 5) is 4.45. The van der Waals surface area contributed by atoms with E-state index in [0.717, 1.165) is 26.2 Å². The molecular weight excluding hydrogens is 250 g/mol. The number of rotatable bonds is 6. The van der Waals surface area contributed by atoms with Crippen molar-refractivity contribution in [2.75, 3.05) is 26.8 Å². The lowest BCUT2D eigenvalue weighted by Crippen LogP contribution is -2.39. The largest absolute Gasteiger partial charge is 0.385 e. The molecule has 1 aromatic rings. The minimum atomic E-state index is 0.291. The van der Waals surface area contributed by atoms with Crippen molar-refractivity contribution in [1.82, 2.24) is 14.9 Å². The third kappa shape index (κ3) is 2.77. The van der Waals surface area contributed by atoms with Crippen LogP contribution in [0.1, 0.15) is 44.7 Å². The highest BCUT2D eigenvalue weighted by Crippen LogP contribution is 2.50. The van der Waals surface area contributed by atoms with Crippen LogP contribution in [0, 0.1) is 5.41 Å². The van der Waals surface area contributed by atoms with Crippen LogP contribution in [0.3, 0.4) is 0 Å². The highest BCUT2D eigenvalue weighted by atomic mass is 16.5. The second-order valence-corrected chi connectivity index (χ2v) is 6.96. The van der Waals surface area contributed by atoms with E-state index < -0.39 is 0 Å². The molecule has 0 bridgehead atoms. The summed E-state index contributed by atoms with van der Waals surface area (Å²) >= 11 is 0. The molecule has 4 nitrogen and oxygen atoms in total. The van der Waals surface area contributed by atoms with Crippen molar-refractivity contribution < 1.29 is 4.74 Å². The Morgan fingerprint density at radius 2 is 2.05 bits per heavy atom. The Kier molecular flexibility index (Phi) is 3.87. The fraction of sp³-hybridized carbons (Fsp3) is 0.812. The number of ether oxygens (including phenoxy) is 1. The fourth-order valence-corrected chi connectivity index (χ4v) is 3.53. The van der Waals surface area contributed by atoms with Gasteiger partial charge in [0, 0.05) is 37.6 Å². The molecule has 1 saturated carbocycles. The minimum absolute atomic E-state index is 0.291. The van der Waals surface area contributed by atoms with Crippen LogP contribution in [0.4, 0.5) is 0 Å². The second-order valence-electron chi connectivity index (χ2n) is 6.96. The molecule has 0 atom stereocenters. The number of nitrogens with zero attached hydrogens (tertiary/aromatic N) is 2. The van der Waals surface area contributed by atoms with Gasteiger partial charge in [-0.1, -0.05) is 6.92 Å². The molecule has 1 aliphatic carbocycles. The smallest absolute Gasteiger partial charge is 0.0948 e. The van der Waals surface area contributed by atoms with Gasteiger partial charge in [0.15, 0.2) is 0 Å². The summed E-state index contributed by atoms with van der Waals surface area (Å²) in [6.45, 7) is 6.64. The van der Waals surface area contributed by atoms with Gasteiger partial charge in [-0.2, -0.15) is 0 Å². The minimum Gasteiger partial charge on any atom is -0.385 e. The zero-order valence-electron chi connectivity index (χ0n) is 12.8. The first kappa shape index (κ1) is 14.1. The van der Waals surface area contributed by atoms with Crippen molar-refractivity contribution in [2.24, 2.45) is 5.41 Å². The average Bonchev–Trinajstić information content (AvgIpc) is 3.04. The molecule has 1 aromatic heterocycles. The van der Waals surface area contributed by atoms with Gasteiger partial charge in [0.25, 0.3) is 0 Å². The lowest BCUT2D eigenvalue weighted by molar-refractivity contribution is 0.165. The van der Waals surface area contributed by atoms with E-state index in [9.17, 15) is 0 Å². The molecule has 2 fully saturated rings. The molecule has 112 valence electrons. The Hall–Kier alpha value is -0.870. The van der Waals surface area contributed by atoms with E-state index in [1.54, 1.807) is 7.11 Å². The Morgan fingerprint density at radius 3 is 2.70 bits per heavy atom. The van der Waals surface area contributed by atoms with E-state index in [-0.39, 0.29) is 0 Å². The third-order valence-corrected chi connectivity index (χ3v) is 5.34. The van der Waals surface area contributed by atoms with Gasteiger partial charge in [-0.15, -0.1) is 0 Å². The van der Waals surface area contributed by atoms with E-state index in [2.05, 4.69) is 28.0 Å². The first-order valence-electron chi connectivity index (χ1n) is 7.88. The summed E-state index contributed by atoms with van der Waals surface area (Å²) in [5.41, 5.74) is 2.20. The van der Waals surface area contributed by atoms with Gasteiger partial charge in [0.2, 0.25) is 0 Å². The van der Waals surface area contributed by atoms with Crippen LogP contribution >= 0.6 is 0 Å². The molecule has 3 rings (SSSR count). The third-order valence-electron chi connectivity index (χ3n) is 5.34. The predicted octanol–water partition coefficient (Wildman–Crippen LogP) is 2.34. The zero-order chi connectivity index (χ0) is 14.1. The number of methoxy groups -OCH3 is 1.